The molecular formula is C72H82BN3O2. The maximum absolute atomic E-state index is 7.98. The van der Waals surface area contributed by atoms with Crippen molar-refractivity contribution >= 4 is 74.5 Å². The number of hydrogen-bond acceptors (Lipinski definition) is 5. The van der Waals surface area contributed by atoms with Gasteiger partial charge >= 0.3 is 0 Å². The SMILES string of the molecule is CC1(C)CCC(C)(C)c2cc(N3c4cc5c(cc4B4c6oc7c(c6N(c6ccc8c(c6)C(C)(C)CCC8(C)C)c6cc(N8c9ccccc9Oc9ccccc98)cc3c64)C(C)(C)CCC7(C)C)C(C)(C)CCC5(C)C)ccc21. The smallest absolute Gasteiger partial charge is 0.297 e. The Bertz CT molecular complexity index is 3680. The highest BCUT2D eigenvalue weighted by Crippen LogP contribution is 2.60. The van der Waals surface area contributed by atoms with Crippen molar-refractivity contribution in [2.45, 2.75) is 205 Å². The van der Waals surface area contributed by atoms with E-state index in [1.165, 1.54) is 96.8 Å². The number of benzene rings is 6. The number of fused-ring (bicyclic) bond motifs is 11. The van der Waals surface area contributed by atoms with Crippen LogP contribution in [0.2, 0.25) is 0 Å². The first kappa shape index (κ1) is 50.1. The lowest BCUT2D eigenvalue weighted by molar-refractivity contribution is 0.282. The van der Waals surface area contributed by atoms with Crippen LogP contribution < -0.4 is 36.0 Å². The van der Waals surface area contributed by atoms with Crippen molar-refractivity contribution in [3.8, 4) is 11.5 Å². The standard InChI is InChI=1S/C72H82BN3O2/c1-65(2)29-31-67(5,6)48-37-43(25-27-46(48)65)74-55-42-51-50(69(9,10)33-34-70(51,11)12)41-52(55)73-61-56(74)39-45(75-53-21-17-19-23-58(53)77-59-24-20-18-22-54(59)75)40-57(61)76(44-26-28-47-49(38-44)68(7,8)32-30-66(47,3)4)62-60-63(78-64(62)73)72(15,16)36-35-71(60,13)14/h17-28,37-42H,29-36H2,1-16H3. The van der Waals surface area contributed by atoms with Gasteiger partial charge in [0, 0.05) is 39.4 Å². The summed E-state index contributed by atoms with van der Waals surface area (Å²) in [6.45, 7) is 39.4. The summed E-state index contributed by atoms with van der Waals surface area (Å²) in [6, 6.07) is 42.8. The predicted molar refractivity (Wildman–Crippen MR) is 329 cm³/mol. The average Bonchev–Trinajstić information content (AvgIpc) is 2.76. The molecule has 0 bridgehead atoms. The zero-order valence-electron chi connectivity index (χ0n) is 49.8. The van der Waals surface area contributed by atoms with E-state index in [0.717, 1.165) is 78.5 Å². The zero-order valence-corrected chi connectivity index (χ0v) is 49.8. The van der Waals surface area contributed by atoms with E-state index in [0.29, 0.717) is 0 Å². The van der Waals surface area contributed by atoms with Gasteiger partial charge in [0.05, 0.1) is 28.4 Å². The van der Waals surface area contributed by atoms with Crippen molar-refractivity contribution in [2.24, 2.45) is 0 Å². The lowest BCUT2D eigenvalue weighted by Crippen LogP contribution is -2.61. The molecule has 1 aromatic heterocycles. The first-order valence-electron chi connectivity index (χ1n) is 29.7. The monoisotopic (exact) mass is 1030 g/mol. The molecule has 0 amide bonds. The maximum atomic E-state index is 7.98. The van der Waals surface area contributed by atoms with Crippen molar-refractivity contribution in [2.75, 3.05) is 14.7 Å². The third kappa shape index (κ3) is 6.98. The molecule has 0 fully saturated rings. The van der Waals surface area contributed by atoms with Gasteiger partial charge in [-0.15, -0.1) is 0 Å². The van der Waals surface area contributed by atoms with E-state index in [-0.39, 0.29) is 50.0 Å². The lowest BCUT2D eigenvalue weighted by Gasteiger charge is -2.48. The molecule has 0 radical (unpaired) electrons. The van der Waals surface area contributed by atoms with Crippen LogP contribution >= 0.6 is 0 Å². The summed E-state index contributed by atoms with van der Waals surface area (Å²) in [5.41, 5.74) is 24.3. The molecule has 0 N–H and O–H groups in total. The van der Waals surface area contributed by atoms with E-state index in [2.05, 4.69) is 235 Å². The number of anilines is 9. The van der Waals surface area contributed by atoms with Crippen molar-refractivity contribution in [3.05, 3.63) is 154 Å². The van der Waals surface area contributed by atoms with Crippen LogP contribution in [0.1, 0.15) is 207 Å². The van der Waals surface area contributed by atoms with Crippen LogP contribution in [0.5, 0.6) is 11.5 Å². The molecule has 0 atom stereocenters. The summed E-state index contributed by atoms with van der Waals surface area (Å²) in [6.07, 6.45) is 9.06. The van der Waals surface area contributed by atoms with Crippen LogP contribution in [0.25, 0.3) is 0 Å². The highest BCUT2D eigenvalue weighted by molar-refractivity contribution is 6.99. The number of para-hydroxylation sites is 4. The predicted octanol–water partition coefficient (Wildman–Crippen LogP) is 18.3. The van der Waals surface area contributed by atoms with Gasteiger partial charge in [-0.2, -0.15) is 0 Å². The van der Waals surface area contributed by atoms with E-state index in [9.17, 15) is 0 Å². The fraction of sp³-hybridized carbons (Fsp3) is 0.444. The Morgan fingerprint density at radius 1 is 0.359 bits per heavy atom. The van der Waals surface area contributed by atoms with E-state index < -0.39 is 0 Å². The van der Waals surface area contributed by atoms with E-state index in [1.807, 2.05) is 0 Å². The molecule has 7 aromatic rings. The second kappa shape index (κ2) is 15.8. The van der Waals surface area contributed by atoms with Gasteiger partial charge in [0.2, 0.25) is 0 Å². The van der Waals surface area contributed by atoms with Gasteiger partial charge in [-0.05, 0) is 200 Å². The number of furan rings is 1. The average molecular weight is 1030 g/mol. The minimum absolute atomic E-state index is 0.00412. The van der Waals surface area contributed by atoms with Crippen molar-refractivity contribution in [1.29, 1.82) is 0 Å². The Morgan fingerprint density at radius 2 is 0.769 bits per heavy atom. The molecule has 3 aliphatic heterocycles. The maximum Gasteiger partial charge on any atom is 0.297 e. The topological polar surface area (TPSA) is 32.1 Å². The summed E-state index contributed by atoms with van der Waals surface area (Å²) in [5.74, 6) is 2.86. The summed E-state index contributed by atoms with van der Waals surface area (Å²) in [7, 11) is 0. The number of hydrogen-bond donors (Lipinski definition) is 0. The highest BCUT2D eigenvalue weighted by Gasteiger charge is 2.54. The van der Waals surface area contributed by atoms with Crippen molar-refractivity contribution in [1.82, 2.24) is 0 Å². The van der Waals surface area contributed by atoms with Gasteiger partial charge in [0.1, 0.15) is 5.76 Å². The Kier molecular flexibility index (Phi) is 10.2. The summed E-state index contributed by atoms with van der Waals surface area (Å²) < 4.78 is 14.8. The Hall–Kier alpha value is -6.14. The second-order valence-corrected chi connectivity index (χ2v) is 30.4. The van der Waals surface area contributed by atoms with Crippen LogP contribution in [0.15, 0.2) is 114 Å². The third-order valence-electron chi connectivity index (χ3n) is 21.4. The molecule has 400 valence electrons. The van der Waals surface area contributed by atoms with Crippen LogP contribution in [0, 0.1) is 0 Å². The largest absolute Gasteiger partial charge is 0.472 e. The van der Waals surface area contributed by atoms with Gasteiger partial charge in [0.25, 0.3) is 6.71 Å². The molecule has 4 heterocycles. The molecule has 0 saturated carbocycles. The molecule has 14 rings (SSSR count). The first-order valence-corrected chi connectivity index (χ1v) is 29.7. The first-order chi connectivity index (χ1) is 36.6. The van der Waals surface area contributed by atoms with Crippen LogP contribution in [0.4, 0.5) is 51.2 Å². The molecule has 6 heteroatoms. The minimum atomic E-state index is -0.171. The molecule has 0 spiro atoms. The van der Waals surface area contributed by atoms with Gasteiger partial charge < -0.3 is 23.9 Å². The van der Waals surface area contributed by atoms with Crippen LogP contribution in [0.3, 0.4) is 0 Å². The second-order valence-electron chi connectivity index (χ2n) is 30.4. The molecule has 7 aliphatic rings. The van der Waals surface area contributed by atoms with Crippen LogP contribution in [-0.4, -0.2) is 6.71 Å². The van der Waals surface area contributed by atoms with Gasteiger partial charge in [-0.3, -0.25) is 0 Å². The Morgan fingerprint density at radius 3 is 1.29 bits per heavy atom. The fourth-order valence-corrected chi connectivity index (χ4v) is 15.9. The van der Waals surface area contributed by atoms with Crippen molar-refractivity contribution < 1.29 is 9.15 Å². The highest BCUT2D eigenvalue weighted by atomic mass is 16.5. The quantitative estimate of drug-likeness (QED) is 0.165. The lowest BCUT2D eigenvalue weighted by atomic mass is 9.35. The summed E-state index contributed by atoms with van der Waals surface area (Å²) >= 11 is 0. The van der Waals surface area contributed by atoms with Crippen LogP contribution in [-0.2, 0) is 43.3 Å². The molecule has 78 heavy (non-hydrogen) atoms. The summed E-state index contributed by atoms with van der Waals surface area (Å²) in [5, 5.41) is 0. The summed E-state index contributed by atoms with van der Waals surface area (Å²) in [4.78, 5) is 7.90. The van der Waals surface area contributed by atoms with E-state index in [4.69, 9.17) is 9.15 Å². The number of nitrogens with zero attached hydrogens (tertiary/aromatic N) is 3. The van der Waals surface area contributed by atoms with E-state index >= 15 is 0 Å². The zero-order chi connectivity index (χ0) is 54.8. The van der Waals surface area contributed by atoms with Gasteiger partial charge in [-0.1, -0.05) is 153 Å². The minimum Gasteiger partial charge on any atom is -0.472 e. The molecule has 0 unspecified atom stereocenters. The van der Waals surface area contributed by atoms with Crippen molar-refractivity contribution in [3.63, 3.8) is 0 Å². The molecule has 0 saturated heterocycles. The molecule has 6 aromatic carbocycles. The normalized spacial score (nSPS) is 22.0. The Balaban J connectivity index is 1.16. The Labute approximate surface area is 466 Å². The number of rotatable bonds is 3. The van der Waals surface area contributed by atoms with E-state index in [1.54, 1.807) is 0 Å². The number of ether oxygens (including phenoxy) is 1. The van der Waals surface area contributed by atoms with Gasteiger partial charge in [-0.25, -0.2) is 0 Å². The fourth-order valence-electron chi connectivity index (χ4n) is 15.9. The molecule has 4 aliphatic carbocycles. The third-order valence-corrected chi connectivity index (χ3v) is 21.4. The molecule has 5 nitrogen and oxygen atoms in total. The molecular weight excluding hydrogens is 950 g/mol. The van der Waals surface area contributed by atoms with Gasteiger partial charge in [0.15, 0.2) is 11.5 Å².